The molecule has 0 saturated carbocycles. The lowest BCUT2D eigenvalue weighted by atomic mass is 9.86. The van der Waals surface area contributed by atoms with E-state index in [0.717, 1.165) is 0 Å². The third-order valence-corrected chi connectivity index (χ3v) is 5.21. The molecule has 1 aliphatic heterocycles. The molecule has 0 aromatic heterocycles. The summed E-state index contributed by atoms with van der Waals surface area (Å²) in [4.78, 5) is 12.4. The summed E-state index contributed by atoms with van der Waals surface area (Å²) in [7, 11) is -2.01. The van der Waals surface area contributed by atoms with Crippen molar-refractivity contribution < 1.29 is 17.9 Å². The van der Waals surface area contributed by atoms with Crippen LogP contribution in [0.15, 0.2) is 29.2 Å². The first-order valence-corrected chi connectivity index (χ1v) is 7.79. The molecule has 0 radical (unpaired) electrons. The molecule has 1 aromatic rings. The molecule has 0 fully saturated rings. The maximum Gasteiger partial charge on any atom is 0.330 e. The zero-order valence-corrected chi connectivity index (χ0v) is 11.8. The Balaban J connectivity index is 2.68. The van der Waals surface area contributed by atoms with Crippen LogP contribution in [-0.4, -0.2) is 33.8 Å². The van der Waals surface area contributed by atoms with Gasteiger partial charge in [-0.3, -0.25) is 5.32 Å². The largest absolute Gasteiger partial charge is 0.467 e. The molecule has 0 bridgehead atoms. The van der Waals surface area contributed by atoms with E-state index < -0.39 is 21.3 Å². The van der Waals surface area contributed by atoms with Gasteiger partial charge in [0.15, 0.2) is 9.84 Å². The molecule has 1 heterocycles. The van der Waals surface area contributed by atoms with Crippen LogP contribution in [0.25, 0.3) is 0 Å². The zero-order valence-electron chi connectivity index (χ0n) is 11.0. The number of carbonyl (C=O) groups is 1. The van der Waals surface area contributed by atoms with E-state index in [1.165, 1.54) is 7.11 Å². The topological polar surface area (TPSA) is 72.5 Å². The molecule has 1 aliphatic rings. The third-order valence-electron chi connectivity index (χ3n) is 3.44. The first-order chi connectivity index (χ1) is 8.98. The summed E-state index contributed by atoms with van der Waals surface area (Å²) >= 11 is 0. The monoisotopic (exact) mass is 283 g/mol. The number of benzene rings is 1. The van der Waals surface area contributed by atoms with Crippen LogP contribution in [0.5, 0.6) is 0 Å². The average molecular weight is 283 g/mol. The number of sulfone groups is 1. The summed E-state index contributed by atoms with van der Waals surface area (Å²) < 4.78 is 29.1. The van der Waals surface area contributed by atoms with Crippen LogP contribution in [0.3, 0.4) is 0 Å². The van der Waals surface area contributed by atoms with Crippen LogP contribution >= 0.6 is 0 Å². The van der Waals surface area contributed by atoms with E-state index >= 15 is 0 Å². The van der Waals surface area contributed by atoms with E-state index in [4.69, 9.17) is 4.74 Å². The van der Waals surface area contributed by atoms with Crippen LogP contribution in [0, 0.1) is 0 Å². The van der Waals surface area contributed by atoms with Gasteiger partial charge in [-0.05, 0) is 19.0 Å². The lowest BCUT2D eigenvalue weighted by molar-refractivity contribution is -0.149. The Morgan fingerprint density at radius 3 is 2.74 bits per heavy atom. The third kappa shape index (κ3) is 2.15. The quantitative estimate of drug-likeness (QED) is 0.832. The Morgan fingerprint density at radius 2 is 2.11 bits per heavy atom. The van der Waals surface area contributed by atoms with Crippen molar-refractivity contribution in [2.45, 2.75) is 23.8 Å². The molecule has 0 saturated heterocycles. The van der Waals surface area contributed by atoms with Gasteiger partial charge >= 0.3 is 5.97 Å². The molecule has 0 amide bonds. The number of ether oxygens (including phenoxy) is 1. The molecule has 5 nitrogen and oxygen atoms in total. The molecule has 19 heavy (non-hydrogen) atoms. The fourth-order valence-corrected chi connectivity index (χ4v) is 4.22. The molecule has 1 N–H and O–H groups in total. The number of hydrogen-bond acceptors (Lipinski definition) is 5. The highest BCUT2D eigenvalue weighted by molar-refractivity contribution is 7.91. The second kappa shape index (κ2) is 4.94. The Bertz CT molecular complexity index is 596. The standard InChI is InChI=1S/C13H17NO4S/c1-3-14-13(12(15)18-2)8-9-19(16,17)11-7-5-4-6-10(11)13/h4-7,14H,3,8-9H2,1-2H3. The van der Waals surface area contributed by atoms with Crippen LogP contribution in [0.2, 0.25) is 0 Å². The molecular weight excluding hydrogens is 266 g/mol. The molecule has 104 valence electrons. The Morgan fingerprint density at radius 1 is 1.42 bits per heavy atom. The van der Waals surface area contributed by atoms with Gasteiger partial charge in [0.2, 0.25) is 0 Å². The zero-order chi connectivity index (χ0) is 14.1. The number of methoxy groups -OCH3 is 1. The van der Waals surface area contributed by atoms with Gasteiger partial charge in [0.05, 0.1) is 17.8 Å². The maximum absolute atomic E-state index is 12.2. The number of nitrogens with one attached hydrogen (secondary N) is 1. The minimum Gasteiger partial charge on any atom is -0.467 e. The molecule has 6 heteroatoms. The van der Waals surface area contributed by atoms with Crippen molar-refractivity contribution in [2.24, 2.45) is 0 Å². The number of carbonyl (C=O) groups excluding carboxylic acids is 1. The van der Waals surface area contributed by atoms with Gasteiger partial charge < -0.3 is 4.74 Å². The van der Waals surface area contributed by atoms with Crippen molar-refractivity contribution in [2.75, 3.05) is 19.4 Å². The Kier molecular flexibility index (Phi) is 3.64. The van der Waals surface area contributed by atoms with Gasteiger partial charge in [0, 0.05) is 5.56 Å². The highest BCUT2D eigenvalue weighted by atomic mass is 32.2. The smallest absolute Gasteiger partial charge is 0.330 e. The van der Waals surface area contributed by atoms with Crippen molar-refractivity contribution >= 4 is 15.8 Å². The lowest BCUT2D eigenvalue weighted by Gasteiger charge is -2.36. The van der Waals surface area contributed by atoms with Crippen LogP contribution in [0.4, 0.5) is 0 Å². The molecular formula is C13H17NO4S. The van der Waals surface area contributed by atoms with Gasteiger partial charge in [-0.1, -0.05) is 25.1 Å². The van der Waals surface area contributed by atoms with Crippen LogP contribution in [-0.2, 0) is 24.9 Å². The van der Waals surface area contributed by atoms with Crippen molar-refractivity contribution in [3.05, 3.63) is 29.8 Å². The SMILES string of the molecule is CCNC1(C(=O)OC)CCS(=O)(=O)c2ccccc21. The maximum atomic E-state index is 12.2. The van der Waals surface area contributed by atoms with Gasteiger partial charge in [-0.2, -0.15) is 0 Å². The number of esters is 1. The normalized spacial score (nSPS) is 24.5. The van der Waals surface area contributed by atoms with Gasteiger partial charge in [-0.25, -0.2) is 13.2 Å². The highest BCUT2D eigenvalue weighted by Gasteiger charge is 2.47. The number of hydrogen-bond donors (Lipinski definition) is 1. The summed E-state index contributed by atoms with van der Waals surface area (Å²) in [6, 6.07) is 6.61. The van der Waals surface area contributed by atoms with E-state index in [2.05, 4.69) is 5.32 Å². The van der Waals surface area contributed by atoms with E-state index in [9.17, 15) is 13.2 Å². The van der Waals surface area contributed by atoms with Crippen molar-refractivity contribution in [3.8, 4) is 0 Å². The second-order valence-corrected chi connectivity index (χ2v) is 6.57. The average Bonchev–Trinajstić information content (AvgIpc) is 2.42. The van der Waals surface area contributed by atoms with E-state index in [1.807, 2.05) is 6.92 Å². The molecule has 1 atom stereocenters. The molecule has 0 aliphatic carbocycles. The summed E-state index contributed by atoms with van der Waals surface area (Å²) in [5, 5.41) is 3.10. The lowest BCUT2D eigenvalue weighted by Crippen LogP contribution is -2.53. The number of rotatable bonds is 3. The summed E-state index contributed by atoms with van der Waals surface area (Å²) in [5.74, 6) is -0.511. The molecule has 2 rings (SSSR count). The van der Waals surface area contributed by atoms with Crippen LogP contribution < -0.4 is 5.32 Å². The summed E-state index contributed by atoms with van der Waals surface area (Å²) in [6.45, 7) is 2.42. The van der Waals surface area contributed by atoms with Gasteiger partial charge in [-0.15, -0.1) is 0 Å². The fraction of sp³-hybridized carbons (Fsp3) is 0.462. The minimum absolute atomic E-state index is 0.0634. The summed E-state index contributed by atoms with van der Waals surface area (Å²) in [5.41, 5.74) is -0.583. The number of likely N-dealkylation sites (N-methyl/N-ethyl adjacent to an activating group) is 1. The Hall–Kier alpha value is -1.40. The fourth-order valence-electron chi connectivity index (χ4n) is 2.57. The second-order valence-electron chi connectivity index (χ2n) is 4.49. The first kappa shape index (κ1) is 14.0. The van der Waals surface area contributed by atoms with E-state index in [1.54, 1.807) is 24.3 Å². The molecule has 1 unspecified atom stereocenters. The van der Waals surface area contributed by atoms with Crippen molar-refractivity contribution in [3.63, 3.8) is 0 Å². The highest BCUT2D eigenvalue weighted by Crippen LogP contribution is 2.37. The van der Waals surface area contributed by atoms with Crippen molar-refractivity contribution in [1.82, 2.24) is 5.32 Å². The van der Waals surface area contributed by atoms with Crippen molar-refractivity contribution in [1.29, 1.82) is 0 Å². The predicted octanol–water partition coefficient (Wildman–Crippen LogP) is 0.842. The van der Waals surface area contributed by atoms with Crippen LogP contribution in [0.1, 0.15) is 18.9 Å². The van der Waals surface area contributed by atoms with Gasteiger partial charge in [0.25, 0.3) is 0 Å². The number of fused-ring (bicyclic) bond motifs is 1. The van der Waals surface area contributed by atoms with E-state index in [-0.39, 0.29) is 17.1 Å². The molecule has 1 aromatic carbocycles. The first-order valence-electron chi connectivity index (χ1n) is 6.13. The minimum atomic E-state index is -3.32. The van der Waals surface area contributed by atoms with Gasteiger partial charge in [0.1, 0.15) is 5.54 Å². The van der Waals surface area contributed by atoms with E-state index in [0.29, 0.717) is 12.1 Å². The molecule has 0 spiro atoms. The Labute approximate surface area is 112 Å². The predicted molar refractivity (Wildman–Crippen MR) is 70.5 cm³/mol. The summed E-state index contributed by atoms with van der Waals surface area (Å²) in [6.07, 6.45) is 0.187.